The van der Waals surface area contributed by atoms with Crippen molar-refractivity contribution in [1.29, 1.82) is 0 Å². The Morgan fingerprint density at radius 2 is 2.11 bits per heavy atom. The second-order valence-electron chi connectivity index (χ2n) is 4.90. The van der Waals surface area contributed by atoms with E-state index in [1.165, 1.54) is 0 Å². The lowest BCUT2D eigenvalue weighted by atomic mass is 9.91. The number of β-amino-alcohol motifs (C(OH)–C–C–N with tert-alkyl or cyclic N) is 1. The minimum absolute atomic E-state index is 0.145. The van der Waals surface area contributed by atoms with Gasteiger partial charge >= 0.3 is 0 Å². The number of aryl methyl sites for hydroxylation is 2. The van der Waals surface area contributed by atoms with Gasteiger partial charge in [0.1, 0.15) is 5.69 Å². The Balaban J connectivity index is 2.21. The number of nitrogens with zero attached hydrogens (tertiary/aromatic N) is 3. The van der Waals surface area contributed by atoms with Crippen molar-refractivity contribution in [2.75, 3.05) is 18.8 Å². The number of carbonyl (C=O) groups excluding carboxylic acids is 1. The molecule has 6 nitrogen and oxygen atoms in total. The summed E-state index contributed by atoms with van der Waals surface area (Å²) in [5.41, 5.74) is 6.73. The average molecular weight is 252 g/mol. The molecule has 2 rings (SSSR count). The Morgan fingerprint density at radius 1 is 1.50 bits per heavy atom. The molecular formula is C12H20N4O2. The zero-order chi connectivity index (χ0) is 13.5. The number of rotatable bonds is 3. The molecule has 0 atom stereocenters. The molecule has 0 aromatic carbocycles. The van der Waals surface area contributed by atoms with Crippen LogP contribution in [0.3, 0.4) is 0 Å². The van der Waals surface area contributed by atoms with E-state index in [4.69, 9.17) is 5.73 Å². The second kappa shape index (κ2) is 4.28. The highest BCUT2D eigenvalue weighted by Crippen LogP contribution is 2.27. The van der Waals surface area contributed by atoms with Crippen LogP contribution in [-0.4, -0.2) is 44.4 Å². The fourth-order valence-corrected chi connectivity index (χ4v) is 2.23. The van der Waals surface area contributed by atoms with Crippen LogP contribution in [0.1, 0.15) is 36.5 Å². The van der Waals surface area contributed by atoms with E-state index < -0.39 is 5.60 Å². The molecule has 1 fully saturated rings. The van der Waals surface area contributed by atoms with E-state index in [1.807, 2.05) is 13.8 Å². The molecule has 1 aliphatic heterocycles. The van der Waals surface area contributed by atoms with E-state index >= 15 is 0 Å². The first-order valence-corrected chi connectivity index (χ1v) is 6.26. The summed E-state index contributed by atoms with van der Waals surface area (Å²) in [6, 6.07) is 0. The van der Waals surface area contributed by atoms with Crippen LogP contribution < -0.4 is 5.73 Å². The average Bonchev–Trinajstić information content (AvgIpc) is 2.60. The Hall–Kier alpha value is -1.56. The lowest BCUT2D eigenvalue weighted by Crippen LogP contribution is -2.63. The van der Waals surface area contributed by atoms with Gasteiger partial charge < -0.3 is 15.7 Å². The van der Waals surface area contributed by atoms with E-state index in [0.29, 0.717) is 43.1 Å². The number of nitrogens with two attached hydrogens (primary N) is 1. The number of carbonyl (C=O) groups is 1. The summed E-state index contributed by atoms with van der Waals surface area (Å²) < 4.78 is 1.62. The van der Waals surface area contributed by atoms with Gasteiger partial charge in [-0.15, -0.1) is 0 Å². The normalized spacial score (nSPS) is 17.7. The number of anilines is 1. The Labute approximate surface area is 106 Å². The molecule has 2 heterocycles. The van der Waals surface area contributed by atoms with Gasteiger partial charge in [-0.05, 0) is 20.3 Å². The van der Waals surface area contributed by atoms with Crippen molar-refractivity contribution >= 4 is 11.6 Å². The summed E-state index contributed by atoms with van der Waals surface area (Å²) in [7, 11) is 0. The summed E-state index contributed by atoms with van der Waals surface area (Å²) in [6.45, 7) is 6.96. The Kier molecular flexibility index (Phi) is 3.06. The predicted molar refractivity (Wildman–Crippen MR) is 68.2 cm³/mol. The maximum atomic E-state index is 12.3. The van der Waals surface area contributed by atoms with Crippen LogP contribution >= 0.6 is 0 Å². The van der Waals surface area contributed by atoms with Crippen LogP contribution in [0.15, 0.2) is 0 Å². The molecule has 3 N–H and O–H groups in total. The maximum absolute atomic E-state index is 12.3. The molecule has 1 aliphatic rings. The molecule has 1 saturated heterocycles. The summed E-state index contributed by atoms with van der Waals surface area (Å²) in [5.74, 6) is -0.145. The molecule has 0 saturated carbocycles. The van der Waals surface area contributed by atoms with Gasteiger partial charge in [0.2, 0.25) is 0 Å². The third-order valence-corrected chi connectivity index (χ3v) is 3.59. The first-order valence-electron chi connectivity index (χ1n) is 6.26. The number of aliphatic hydroxyl groups is 1. The van der Waals surface area contributed by atoms with Crippen LogP contribution in [0.25, 0.3) is 0 Å². The molecule has 0 radical (unpaired) electrons. The smallest absolute Gasteiger partial charge is 0.274 e. The van der Waals surface area contributed by atoms with E-state index in [-0.39, 0.29) is 5.91 Å². The molecule has 1 amide bonds. The van der Waals surface area contributed by atoms with E-state index in [0.717, 1.165) is 0 Å². The molecule has 0 spiro atoms. The zero-order valence-corrected chi connectivity index (χ0v) is 11.1. The molecular weight excluding hydrogens is 232 g/mol. The minimum atomic E-state index is -0.726. The minimum Gasteiger partial charge on any atom is -0.395 e. The van der Waals surface area contributed by atoms with Crippen molar-refractivity contribution in [2.45, 2.75) is 39.3 Å². The standard InChI is InChI=1S/C12H20N4O2/c1-4-12(18)6-15(7-12)11(17)10-9(13)8(3)14-16(10)5-2/h18H,4-7,13H2,1-3H3. The van der Waals surface area contributed by atoms with Gasteiger partial charge in [-0.25, -0.2) is 0 Å². The van der Waals surface area contributed by atoms with Crippen molar-refractivity contribution in [3.63, 3.8) is 0 Å². The Morgan fingerprint density at radius 3 is 2.61 bits per heavy atom. The summed E-state index contributed by atoms with van der Waals surface area (Å²) >= 11 is 0. The van der Waals surface area contributed by atoms with Crippen molar-refractivity contribution < 1.29 is 9.90 Å². The highest BCUT2D eigenvalue weighted by atomic mass is 16.3. The number of amides is 1. The van der Waals surface area contributed by atoms with Gasteiger partial charge in [-0.1, -0.05) is 6.92 Å². The summed E-state index contributed by atoms with van der Waals surface area (Å²) in [5, 5.41) is 14.2. The molecule has 0 bridgehead atoms. The number of hydrogen-bond donors (Lipinski definition) is 2. The number of nitrogen functional groups attached to an aromatic ring is 1. The van der Waals surface area contributed by atoms with E-state index in [1.54, 1.807) is 16.5 Å². The second-order valence-corrected chi connectivity index (χ2v) is 4.90. The van der Waals surface area contributed by atoms with Crippen molar-refractivity contribution in [2.24, 2.45) is 0 Å². The van der Waals surface area contributed by atoms with Crippen molar-refractivity contribution in [3.05, 3.63) is 11.4 Å². The third-order valence-electron chi connectivity index (χ3n) is 3.59. The van der Waals surface area contributed by atoms with Gasteiger partial charge in [-0.3, -0.25) is 9.48 Å². The number of aromatic nitrogens is 2. The van der Waals surface area contributed by atoms with Crippen LogP contribution in [0.2, 0.25) is 0 Å². The zero-order valence-electron chi connectivity index (χ0n) is 11.1. The largest absolute Gasteiger partial charge is 0.395 e. The van der Waals surface area contributed by atoms with E-state index in [9.17, 15) is 9.90 Å². The van der Waals surface area contributed by atoms with Crippen LogP contribution in [0.5, 0.6) is 0 Å². The van der Waals surface area contributed by atoms with Crippen molar-refractivity contribution in [3.8, 4) is 0 Å². The first-order chi connectivity index (χ1) is 8.41. The number of hydrogen-bond acceptors (Lipinski definition) is 4. The van der Waals surface area contributed by atoms with Gasteiger partial charge in [0, 0.05) is 6.54 Å². The predicted octanol–water partition coefficient (Wildman–Crippen LogP) is 0.391. The highest BCUT2D eigenvalue weighted by Gasteiger charge is 2.43. The lowest BCUT2D eigenvalue weighted by Gasteiger charge is -2.46. The fraction of sp³-hybridized carbons (Fsp3) is 0.667. The van der Waals surface area contributed by atoms with Crippen LogP contribution in [0.4, 0.5) is 5.69 Å². The fourth-order valence-electron chi connectivity index (χ4n) is 2.23. The quantitative estimate of drug-likeness (QED) is 0.815. The molecule has 1 aromatic rings. The molecule has 0 unspecified atom stereocenters. The van der Waals surface area contributed by atoms with Crippen LogP contribution in [-0.2, 0) is 6.54 Å². The van der Waals surface area contributed by atoms with Gasteiger partial charge in [0.15, 0.2) is 0 Å². The summed E-state index contributed by atoms with van der Waals surface area (Å²) in [6.07, 6.45) is 0.651. The third kappa shape index (κ3) is 1.86. The van der Waals surface area contributed by atoms with Gasteiger partial charge in [-0.2, -0.15) is 5.10 Å². The van der Waals surface area contributed by atoms with Crippen LogP contribution in [0, 0.1) is 6.92 Å². The van der Waals surface area contributed by atoms with Gasteiger partial charge in [0.25, 0.3) is 5.91 Å². The monoisotopic (exact) mass is 252 g/mol. The molecule has 18 heavy (non-hydrogen) atoms. The Bertz CT molecular complexity index is 475. The molecule has 100 valence electrons. The van der Waals surface area contributed by atoms with E-state index in [2.05, 4.69) is 5.10 Å². The first kappa shape index (κ1) is 12.9. The van der Waals surface area contributed by atoms with Gasteiger partial charge in [0.05, 0.1) is 30.1 Å². The number of likely N-dealkylation sites (tertiary alicyclic amines) is 1. The highest BCUT2D eigenvalue weighted by molar-refractivity contribution is 5.98. The molecule has 1 aromatic heterocycles. The molecule has 0 aliphatic carbocycles. The van der Waals surface area contributed by atoms with Crippen molar-refractivity contribution in [1.82, 2.24) is 14.7 Å². The maximum Gasteiger partial charge on any atom is 0.274 e. The topological polar surface area (TPSA) is 84.4 Å². The SMILES string of the molecule is CCn1nc(C)c(N)c1C(=O)N1CC(O)(CC)C1. The lowest BCUT2D eigenvalue weighted by molar-refractivity contribution is -0.0829. The molecule has 6 heteroatoms. The summed E-state index contributed by atoms with van der Waals surface area (Å²) in [4.78, 5) is 13.9.